The molecule has 1 aromatic rings. The maximum Gasteiger partial charge on any atom is 0.407 e. The molecule has 0 atom stereocenters. The number of hydrogen-bond donors (Lipinski definition) is 1. The first-order valence-electron chi connectivity index (χ1n) is 6.66. The van der Waals surface area contributed by atoms with Crippen LogP contribution in [0.25, 0.3) is 0 Å². The van der Waals surface area contributed by atoms with Crippen LogP contribution in [0.5, 0.6) is 0 Å². The van der Waals surface area contributed by atoms with Crippen molar-refractivity contribution >= 4 is 6.09 Å². The molecule has 0 aromatic heterocycles. The molecule has 1 aliphatic heterocycles. The van der Waals surface area contributed by atoms with Crippen LogP contribution in [0.4, 0.5) is 4.79 Å². The molecule has 0 radical (unpaired) electrons. The van der Waals surface area contributed by atoms with E-state index in [2.05, 4.69) is 6.07 Å². The van der Waals surface area contributed by atoms with Gasteiger partial charge in [-0.1, -0.05) is 12.1 Å². The predicted octanol–water partition coefficient (Wildman–Crippen LogP) is 2.88. The fourth-order valence-electron chi connectivity index (χ4n) is 2.58. The number of hydrogen-bond acceptors (Lipinski definition) is 2. The summed E-state index contributed by atoms with van der Waals surface area (Å²) in [7, 11) is 0. The van der Waals surface area contributed by atoms with Gasteiger partial charge >= 0.3 is 6.09 Å². The fourth-order valence-corrected chi connectivity index (χ4v) is 2.58. The van der Waals surface area contributed by atoms with Gasteiger partial charge in [0, 0.05) is 13.1 Å². The van der Waals surface area contributed by atoms with Gasteiger partial charge < -0.3 is 10.0 Å². The van der Waals surface area contributed by atoms with Crippen LogP contribution < -0.4 is 0 Å². The molecule has 4 nitrogen and oxygen atoms in total. The Labute approximate surface area is 113 Å². The molecule has 1 N–H and O–H groups in total. The minimum atomic E-state index is -0.805. The van der Waals surface area contributed by atoms with Crippen LogP contribution in [0.15, 0.2) is 24.3 Å². The molecule has 0 saturated carbocycles. The quantitative estimate of drug-likeness (QED) is 0.906. The average Bonchev–Trinajstić information content (AvgIpc) is 2.46. The number of likely N-dealkylation sites (tertiary alicyclic amines) is 1. The van der Waals surface area contributed by atoms with Gasteiger partial charge in [-0.2, -0.15) is 5.26 Å². The van der Waals surface area contributed by atoms with Gasteiger partial charge in [0.2, 0.25) is 0 Å². The zero-order valence-electron chi connectivity index (χ0n) is 10.9. The molecule has 0 bridgehead atoms. The summed E-state index contributed by atoms with van der Waals surface area (Å²) in [4.78, 5) is 12.3. The summed E-state index contributed by atoms with van der Waals surface area (Å²) in [5.41, 5.74) is 1.90. The lowest BCUT2D eigenvalue weighted by Crippen LogP contribution is -2.37. The third kappa shape index (κ3) is 3.72. The Balaban J connectivity index is 1.80. The molecule has 1 aliphatic rings. The number of nitrogens with zero attached hydrogens (tertiary/aromatic N) is 2. The van der Waals surface area contributed by atoms with Crippen LogP contribution in [-0.4, -0.2) is 29.2 Å². The largest absolute Gasteiger partial charge is 0.465 e. The van der Waals surface area contributed by atoms with Crippen molar-refractivity contribution in [1.82, 2.24) is 4.90 Å². The van der Waals surface area contributed by atoms with Gasteiger partial charge in [-0.25, -0.2) is 4.79 Å². The van der Waals surface area contributed by atoms with E-state index in [1.165, 1.54) is 10.5 Å². The van der Waals surface area contributed by atoms with E-state index in [9.17, 15) is 4.79 Å². The van der Waals surface area contributed by atoms with E-state index in [4.69, 9.17) is 10.4 Å². The number of carboxylic acid groups (broad SMARTS) is 1. The molecular weight excluding hydrogens is 240 g/mol. The van der Waals surface area contributed by atoms with Crippen molar-refractivity contribution in [3.63, 3.8) is 0 Å². The summed E-state index contributed by atoms with van der Waals surface area (Å²) >= 11 is 0. The van der Waals surface area contributed by atoms with Gasteiger partial charge in [0.05, 0.1) is 11.6 Å². The Morgan fingerprint density at radius 2 is 2.16 bits per heavy atom. The topological polar surface area (TPSA) is 64.3 Å². The molecule has 0 spiro atoms. The Morgan fingerprint density at radius 1 is 1.42 bits per heavy atom. The maximum atomic E-state index is 10.8. The molecule has 1 fully saturated rings. The Morgan fingerprint density at radius 3 is 2.79 bits per heavy atom. The van der Waals surface area contributed by atoms with E-state index in [0.717, 1.165) is 25.7 Å². The summed E-state index contributed by atoms with van der Waals surface area (Å²) in [5, 5.41) is 17.7. The standard InChI is InChI=1S/C15H18N2O2/c16-11-14-3-1-2-13(10-14)5-4-12-6-8-17(9-7-12)15(18)19/h1-3,10,12H,4-9H2,(H,18,19). The summed E-state index contributed by atoms with van der Waals surface area (Å²) in [6.45, 7) is 1.30. The first-order valence-corrected chi connectivity index (χ1v) is 6.66. The van der Waals surface area contributed by atoms with Gasteiger partial charge in [0.25, 0.3) is 0 Å². The zero-order valence-corrected chi connectivity index (χ0v) is 10.9. The van der Waals surface area contributed by atoms with Gasteiger partial charge in [-0.05, 0) is 49.3 Å². The van der Waals surface area contributed by atoms with E-state index < -0.39 is 6.09 Å². The summed E-state index contributed by atoms with van der Waals surface area (Å²) < 4.78 is 0. The highest BCUT2D eigenvalue weighted by atomic mass is 16.4. The molecule has 4 heteroatoms. The molecular formula is C15H18N2O2. The first kappa shape index (κ1) is 13.4. The van der Waals surface area contributed by atoms with Crippen molar-refractivity contribution in [2.75, 3.05) is 13.1 Å². The highest BCUT2D eigenvalue weighted by Crippen LogP contribution is 2.22. The molecule has 100 valence electrons. The lowest BCUT2D eigenvalue weighted by Gasteiger charge is -2.29. The number of carbonyl (C=O) groups is 1. The first-order chi connectivity index (χ1) is 9.19. The normalized spacial score (nSPS) is 16.1. The van der Waals surface area contributed by atoms with Crippen LogP contribution in [-0.2, 0) is 6.42 Å². The van der Waals surface area contributed by atoms with Gasteiger partial charge in [0.1, 0.15) is 0 Å². The Bertz CT molecular complexity index is 485. The summed E-state index contributed by atoms with van der Waals surface area (Å²) in [5.74, 6) is 0.598. The number of rotatable bonds is 3. The van der Waals surface area contributed by atoms with Crippen molar-refractivity contribution in [1.29, 1.82) is 5.26 Å². The SMILES string of the molecule is N#Cc1cccc(CCC2CCN(C(=O)O)CC2)c1. The van der Waals surface area contributed by atoms with E-state index in [-0.39, 0.29) is 0 Å². The van der Waals surface area contributed by atoms with Crippen LogP contribution in [0.1, 0.15) is 30.4 Å². The van der Waals surface area contributed by atoms with Crippen molar-refractivity contribution in [2.45, 2.75) is 25.7 Å². The van der Waals surface area contributed by atoms with Crippen molar-refractivity contribution in [3.8, 4) is 6.07 Å². The number of amides is 1. The number of piperidine rings is 1. The van der Waals surface area contributed by atoms with E-state index >= 15 is 0 Å². The van der Waals surface area contributed by atoms with Crippen LogP contribution in [0.2, 0.25) is 0 Å². The highest BCUT2D eigenvalue weighted by Gasteiger charge is 2.21. The van der Waals surface area contributed by atoms with Crippen LogP contribution >= 0.6 is 0 Å². The van der Waals surface area contributed by atoms with Crippen molar-refractivity contribution in [3.05, 3.63) is 35.4 Å². The fraction of sp³-hybridized carbons (Fsp3) is 0.467. The molecule has 1 heterocycles. The number of aryl methyl sites for hydroxylation is 1. The second kappa shape index (κ2) is 6.24. The molecule has 1 aromatic carbocycles. The molecule has 1 amide bonds. The minimum Gasteiger partial charge on any atom is -0.465 e. The smallest absolute Gasteiger partial charge is 0.407 e. The molecule has 0 unspecified atom stereocenters. The molecule has 1 saturated heterocycles. The van der Waals surface area contributed by atoms with Gasteiger partial charge in [-0.3, -0.25) is 0 Å². The lowest BCUT2D eigenvalue weighted by molar-refractivity contribution is 0.123. The molecule has 19 heavy (non-hydrogen) atoms. The Kier molecular flexibility index (Phi) is 4.40. The number of benzene rings is 1. The summed E-state index contributed by atoms with van der Waals surface area (Å²) in [6.07, 6.45) is 3.13. The highest BCUT2D eigenvalue weighted by molar-refractivity contribution is 5.64. The van der Waals surface area contributed by atoms with E-state index in [1.807, 2.05) is 24.3 Å². The predicted molar refractivity (Wildman–Crippen MR) is 71.8 cm³/mol. The average molecular weight is 258 g/mol. The van der Waals surface area contributed by atoms with E-state index in [1.54, 1.807) is 0 Å². The summed E-state index contributed by atoms with van der Waals surface area (Å²) in [6, 6.07) is 9.87. The van der Waals surface area contributed by atoms with Crippen LogP contribution in [0, 0.1) is 17.2 Å². The van der Waals surface area contributed by atoms with E-state index in [0.29, 0.717) is 24.6 Å². The van der Waals surface area contributed by atoms with Crippen molar-refractivity contribution in [2.24, 2.45) is 5.92 Å². The molecule has 2 rings (SSSR count). The second-order valence-electron chi connectivity index (χ2n) is 5.06. The third-order valence-electron chi connectivity index (χ3n) is 3.78. The lowest BCUT2D eigenvalue weighted by atomic mass is 9.90. The second-order valence-corrected chi connectivity index (χ2v) is 5.06. The van der Waals surface area contributed by atoms with Gasteiger partial charge in [0.15, 0.2) is 0 Å². The Hall–Kier alpha value is -2.02. The van der Waals surface area contributed by atoms with Crippen molar-refractivity contribution < 1.29 is 9.90 Å². The van der Waals surface area contributed by atoms with Crippen LogP contribution in [0.3, 0.4) is 0 Å². The monoisotopic (exact) mass is 258 g/mol. The third-order valence-corrected chi connectivity index (χ3v) is 3.78. The number of nitriles is 1. The molecule has 0 aliphatic carbocycles. The van der Waals surface area contributed by atoms with Gasteiger partial charge in [-0.15, -0.1) is 0 Å². The minimum absolute atomic E-state index is 0.598. The maximum absolute atomic E-state index is 10.8. The zero-order chi connectivity index (χ0) is 13.7.